The molecule has 1 heterocycles. The van der Waals surface area contributed by atoms with Gasteiger partial charge in [0.05, 0.1) is 0 Å². The van der Waals surface area contributed by atoms with Crippen LogP contribution in [0.15, 0.2) is 48.5 Å². The molecular weight excluding hydrogens is 312 g/mol. The maximum atomic E-state index is 11.1. The van der Waals surface area contributed by atoms with Gasteiger partial charge in [0.25, 0.3) is 0 Å². The van der Waals surface area contributed by atoms with E-state index in [1.165, 1.54) is 0 Å². The summed E-state index contributed by atoms with van der Waals surface area (Å²) < 4.78 is 2.09. The third kappa shape index (κ3) is 3.74. The van der Waals surface area contributed by atoms with E-state index in [1.54, 1.807) is 0 Å². The minimum Gasteiger partial charge on any atom is -0.480 e. The molecule has 3 N–H and O–H groups in total. The highest BCUT2D eigenvalue weighted by Gasteiger charge is 2.19. The van der Waals surface area contributed by atoms with Gasteiger partial charge in [-0.1, -0.05) is 50.2 Å². The zero-order valence-electron chi connectivity index (χ0n) is 15.3. The van der Waals surface area contributed by atoms with E-state index in [9.17, 15) is 4.79 Å². The van der Waals surface area contributed by atoms with Gasteiger partial charge in [-0.15, -0.1) is 0 Å². The minimum atomic E-state index is -0.972. The van der Waals surface area contributed by atoms with Crippen LogP contribution in [0.1, 0.15) is 25.1 Å². The number of aryl methyl sites for hydroxylation is 1. The molecule has 1 atom stereocenters. The number of aliphatic carboxylic acids is 1. The molecule has 3 rings (SSSR count). The number of nitrogens with zero attached hydrogens (tertiary/aromatic N) is 1. The van der Waals surface area contributed by atoms with Gasteiger partial charge in [0.1, 0.15) is 6.04 Å². The predicted molar refractivity (Wildman–Crippen MR) is 104 cm³/mol. The van der Waals surface area contributed by atoms with Crippen molar-refractivity contribution < 1.29 is 9.90 Å². The largest absolute Gasteiger partial charge is 0.480 e. The predicted octanol–water partition coefficient (Wildman–Crippen LogP) is 4.13. The van der Waals surface area contributed by atoms with Crippen LogP contribution in [0.5, 0.6) is 0 Å². The summed E-state index contributed by atoms with van der Waals surface area (Å²) in [6.45, 7) is 6.01. The van der Waals surface area contributed by atoms with Crippen LogP contribution in [0.2, 0.25) is 0 Å². The molecule has 1 aromatic heterocycles. The second-order valence-electron chi connectivity index (χ2n) is 5.87. The van der Waals surface area contributed by atoms with Crippen LogP contribution in [-0.4, -0.2) is 21.7 Å². The molecule has 132 valence electrons. The van der Waals surface area contributed by atoms with Crippen molar-refractivity contribution in [1.82, 2.24) is 4.57 Å². The molecule has 0 bridgehead atoms. The summed E-state index contributed by atoms with van der Waals surface area (Å²) in [6.07, 6.45) is 0.330. The van der Waals surface area contributed by atoms with Gasteiger partial charge in [-0.25, -0.2) is 0 Å². The van der Waals surface area contributed by atoms with Crippen molar-refractivity contribution in [2.45, 2.75) is 33.2 Å². The third-order valence-corrected chi connectivity index (χ3v) is 4.47. The first-order chi connectivity index (χ1) is 12.0. The first-order valence-corrected chi connectivity index (χ1v) is 8.60. The molecule has 0 aliphatic carbocycles. The summed E-state index contributed by atoms with van der Waals surface area (Å²) in [5, 5.41) is 10.2. The van der Waals surface area contributed by atoms with Crippen molar-refractivity contribution in [3.05, 3.63) is 59.8 Å². The Morgan fingerprint density at radius 2 is 1.76 bits per heavy atom. The SMILES string of the molecule is CC.Cc1c(CC(N)C(=O)O)c2cc(-c3ccccc3)ccc2n1C. The van der Waals surface area contributed by atoms with Gasteiger partial charge in [0, 0.05) is 30.1 Å². The van der Waals surface area contributed by atoms with Crippen LogP contribution in [0, 0.1) is 6.92 Å². The topological polar surface area (TPSA) is 68.2 Å². The Kier molecular flexibility index (Phi) is 5.99. The number of carboxylic acid groups (broad SMARTS) is 1. The van der Waals surface area contributed by atoms with Gasteiger partial charge >= 0.3 is 5.97 Å². The molecule has 0 aliphatic rings. The smallest absolute Gasteiger partial charge is 0.320 e. The number of carbonyl (C=O) groups is 1. The van der Waals surface area contributed by atoms with Gasteiger partial charge in [0.15, 0.2) is 0 Å². The van der Waals surface area contributed by atoms with Crippen molar-refractivity contribution in [1.29, 1.82) is 0 Å². The Hall–Kier alpha value is -2.59. The Balaban J connectivity index is 0.00000109. The number of fused-ring (bicyclic) bond motifs is 1. The maximum Gasteiger partial charge on any atom is 0.320 e. The average Bonchev–Trinajstić information content (AvgIpc) is 2.88. The zero-order valence-corrected chi connectivity index (χ0v) is 15.3. The zero-order chi connectivity index (χ0) is 18.6. The van der Waals surface area contributed by atoms with E-state index in [4.69, 9.17) is 10.8 Å². The first-order valence-electron chi connectivity index (χ1n) is 8.60. The third-order valence-electron chi connectivity index (χ3n) is 4.47. The van der Waals surface area contributed by atoms with E-state index in [-0.39, 0.29) is 0 Å². The fraction of sp³-hybridized carbons (Fsp3) is 0.286. The number of carboxylic acids is 1. The van der Waals surface area contributed by atoms with Crippen molar-refractivity contribution in [3.63, 3.8) is 0 Å². The van der Waals surface area contributed by atoms with E-state index in [1.807, 2.05) is 46.0 Å². The van der Waals surface area contributed by atoms with Crippen LogP contribution in [-0.2, 0) is 18.3 Å². The second kappa shape index (κ2) is 7.99. The highest BCUT2D eigenvalue weighted by atomic mass is 16.4. The van der Waals surface area contributed by atoms with E-state index in [2.05, 4.69) is 34.9 Å². The van der Waals surface area contributed by atoms with Gasteiger partial charge in [-0.3, -0.25) is 4.79 Å². The maximum absolute atomic E-state index is 11.1. The van der Waals surface area contributed by atoms with Crippen LogP contribution in [0.3, 0.4) is 0 Å². The molecular formula is C21H26N2O2. The average molecular weight is 338 g/mol. The molecule has 0 aliphatic heterocycles. The molecule has 25 heavy (non-hydrogen) atoms. The Labute approximate surface area is 148 Å². The minimum absolute atomic E-state index is 0.330. The van der Waals surface area contributed by atoms with Crippen LogP contribution >= 0.6 is 0 Å². The number of nitrogens with two attached hydrogens (primary N) is 1. The molecule has 3 aromatic rings. The molecule has 0 saturated heterocycles. The highest BCUT2D eigenvalue weighted by Crippen LogP contribution is 2.30. The summed E-state index contributed by atoms with van der Waals surface area (Å²) in [7, 11) is 2.00. The van der Waals surface area contributed by atoms with Crippen LogP contribution < -0.4 is 5.73 Å². The van der Waals surface area contributed by atoms with Crippen molar-refractivity contribution >= 4 is 16.9 Å². The van der Waals surface area contributed by atoms with Crippen molar-refractivity contribution in [3.8, 4) is 11.1 Å². The highest BCUT2D eigenvalue weighted by molar-refractivity contribution is 5.90. The number of hydrogen-bond acceptors (Lipinski definition) is 2. The lowest BCUT2D eigenvalue weighted by Crippen LogP contribution is -2.32. The monoisotopic (exact) mass is 338 g/mol. The molecule has 0 saturated carbocycles. The summed E-state index contributed by atoms with van der Waals surface area (Å²) in [5.74, 6) is -0.972. The van der Waals surface area contributed by atoms with Gasteiger partial charge in [0.2, 0.25) is 0 Å². The summed E-state index contributed by atoms with van der Waals surface area (Å²) in [6, 6.07) is 15.6. The molecule has 0 spiro atoms. The van der Waals surface area contributed by atoms with Crippen LogP contribution in [0.25, 0.3) is 22.0 Å². The second-order valence-corrected chi connectivity index (χ2v) is 5.87. The van der Waals surface area contributed by atoms with Gasteiger partial charge in [-0.05, 0) is 35.7 Å². The van der Waals surface area contributed by atoms with Gasteiger partial charge < -0.3 is 15.4 Å². The van der Waals surface area contributed by atoms with E-state index in [0.717, 1.165) is 33.3 Å². The molecule has 1 unspecified atom stereocenters. The number of hydrogen-bond donors (Lipinski definition) is 2. The summed E-state index contributed by atoms with van der Waals surface area (Å²) in [4.78, 5) is 11.1. The van der Waals surface area contributed by atoms with E-state index >= 15 is 0 Å². The lowest BCUT2D eigenvalue weighted by Gasteiger charge is -2.07. The summed E-state index contributed by atoms with van der Waals surface area (Å²) >= 11 is 0. The fourth-order valence-electron chi connectivity index (χ4n) is 3.02. The summed E-state index contributed by atoms with van der Waals surface area (Å²) in [5.41, 5.74) is 11.2. The molecule has 4 nitrogen and oxygen atoms in total. The van der Waals surface area contributed by atoms with E-state index in [0.29, 0.717) is 6.42 Å². The Morgan fingerprint density at radius 1 is 1.12 bits per heavy atom. The molecule has 4 heteroatoms. The van der Waals surface area contributed by atoms with Gasteiger partial charge in [-0.2, -0.15) is 0 Å². The number of rotatable bonds is 4. The molecule has 0 radical (unpaired) electrons. The van der Waals surface area contributed by atoms with Crippen molar-refractivity contribution in [2.75, 3.05) is 0 Å². The Bertz CT molecular complexity index is 866. The molecule has 2 aromatic carbocycles. The normalized spacial score (nSPS) is 11.7. The van der Waals surface area contributed by atoms with E-state index < -0.39 is 12.0 Å². The lowest BCUT2D eigenvalue weighted by molar-refractivity contribution is -0.138. The fourth-order valence-corrected chi connectivity index (χ4v) is 3.02. The number of aromatic nitrogens is 1. The number of benzene rings is 2. The molecule has 0 amide bonds. The standard InChI is InChI=1S/C19H20N2O2.C2H6/c1-12-15(11-17(20)19(22)23)16-10-14(8-9-18(16)21(12)2)13-6-4-3-5-7-13;1-2/h3-10,17H,11,20H2,1-2H3,(H,22,23);1-2H3. The molecule has 0 fully saturated rings. The Morgan fingerprint density at radius 3 is 2.36 bits per heavy atom. The first kappa shape index (κ1) is 18.7. The van der Waals surface area contributed by atoms with Crippen molar-refractivity contribution in [2.24, 2.45) is 12.8 Å². The van der Waals surface area contributed by atoms with Crippen LogP contribution in [0.4, 0.5) is 0 Å². The lowest BCUT2D eigenvalue weighted by atomic mass is 9.99. The quantitative estimate of drug-likeness (QED) is 0.751.